The van der Waals surface area contributed by atoms with E-state index in [2.05, 4.69) is 12.2 Å². The molecular weight excluding hydrogens is 278 g/mol. The molecule has 108 valence electrons. The van der Waals surface area contributed by atoms with Crippen LogP contribution in [0.25, 0.3) is 6.08 Å². The molecule has 0 unspecified atom stereocenters. The monoisotopic (exact) mass is 295 g/mol. The number of amides is 1. The van der Waals surface area contributed by atoms with E-state index in [1.807, 2.05) is 6.07 Å². The number of hydrogen-bond donors (Lipinski definition) is 1. The maximum absolute atomic E-state index is 11.6. The van der Waals surface area contributed by atoms with Gasteiger partial charge in [-0.15, -0.1) is 0 Å². The highest BCUT2D eigenvalue weighted by Crippen LogP contribution is 2.38. The van der Waals surface area contributed by atoms with E-state index in [1.165, 1.54) is 6.08 Å². The van der Waals surface area contributed by atoms with Crippen molar-refractivity contribution < 1.29 is 14.3 Å². The van der Waals surface area contributed by atoms with Crippen molar-refractivity contribution in [3.8, 4) is 11.5 Å². The Labute approximate surface area is 123 Å². The normalized spacial score (nSPS) is 13.5. The molecule has 1 amide bonds. The van der Waals surface area contributed by atoms with Crippen molar-refractivity contribution in [3.05, 3.63) is 28.8 Å². The molecule has 0 saturated heterocycles. The van der Waals surface area contributed by atoms with Crippen LogP contribution in [-0.4, -0.2) is 25.7 Å². The van der Waals surface area contributed by atoms with Crippen LogP contribution in [0.15, 0.2) is 18.2 Å². The van der Waals surface area contributed by atoms with E-state index in [9.17, 15) is 4.79 Å². The van der Waals surface area contributed by atoms with Crippen LogP contribution in [0.4, 0.5) is 0 Å². The molecule has 1 aromatic carbocycles. The molecule has 4 nitrogen and oxygen atoms in total. The number of unbranched alkanes of at least 4 members (excludes halogenated alkanes) is 1. The summed E-state index contributed by atoms with van der Waals surface area (Å²) in [6.45, 7) is 3.79. The summed E-state index contributed by atoms with van der Waals surface area (Å²) in [7, 11) is 0. The topological polar surface area (TPSA) is 47.6 Å². The average molecular weight is 296 g/mol. The minimum absolute atomic E-state index is 0.107. The largest absolute Gasteiger partial charge is 0.486 e. The molecule has 0 saturated carbocycles. The third kappa shape index (κ3) is 3.90. The molecule has 0 atom stereocenters. The van der Waals surface area contributed by atoms with E-state index < -0.39 is 0 Å². The number of rotatable bonds is 5. The lowest BCUT2D eigenvalue weighted by Gasteiger charge is -2.19. The predicted octanol–water partition coefficient (Wildman–Crippen LogP) is 3.04. The number of hydrogen-bond acceptors (Lipinski definition) is 3. The highest BCUT2D eigenvalue weighted by Gasteiger charge is 2.15. The SMILES string of the molecule is CCCCNC(=O)/C=C\c1cc(Cl)c2c(c1)OCCO2. The summed E-state index contributed by atoms with van der Waals surface area (Å²) >= 11 is 6.13. The predicted molar refractivity (Wildman–Crippen MR) is 79.4 cm³/mol. The van der Waals surface area contributed by atoms with Gasteiger partial charge in [-0.2, -0.15) is 0 Å². The van der Waals surface area contributed by atoms with Crippen molar-refractivity contribution in [1.29, 1.82) is 0 Å². The van der Waals surface area contributed by atoms with E-state index in [0.717, 1.165) is 18.4 Å². The van der Waals surface area contributed by atoms with Gasteiger partial charge in [-0.3, -0.25) is 4.79 Å². The first-order valence-corrected chi connectivity index (χ1v) is 7.13. The fraction of sp³-hybridized carbons (Fsp3) is 0.400. The van der Waals surface area contributed by atoms with Gasteiger partial charge in [0.1, 0.15) is 13.2 Å². The van der Waals surface area contributed by atoms with Crippen LogP contribution in [0, 0.1) is 0 Å². The summed E-state index contributed by atoms with van der Waals surface area (Å²) in [4.78, 5) is 11.6. The number of nitrogens with one attached hydrogen (secondary N) is 1. The van der Waals surface area contributed by atoms with E-state index >= 15 is 0 Å². The summed E-state index contributed by atoms with van der Waals surface area (Å²) in [6, 6.07) is 3.57. The molecule has 2 rings (SSSR count). The van der Waals surface area contributed by atoms with Gasteiger partial charge in [-0.05, 0) is 30.2 Å². The molecule has 1 N–H and O–H groups in total. The first kappa shape index (κ1) is 14.7. The minimum Gasteiger partial charge on any atom is -0.486 e. The number of benzene rings is 1. The van der Waals surface area contributed by atoms with Crippen LogP contribution < -0.4 is 14.8 Å². The number of ether oxygens (including phenoxy) is 2. The van der Waals surface area contributed by atoms with Crippen molar-refractivity contribution in [3.63, 3.8) is 0 Å². The summed E-state index contributed by atoms with van der Waals surface area (Å²) in [6.07, 6.45) is 5.25. The first-order valence-electron chi connectivity index (χ1n) is 6.75. The van der Waals surface area contributed by atoms with E-state index in [1.54, 1.807) is 12.1 Å². The van der Waals surface area contributed by atoms with Crippen LogP contribution in [0.1, 0.15) is 25.3 Å². The number of carbonyl (C=O) groups excluding carboxylic acids is 1. The molecule has 0 radical (unpaired) electrons. The quantitative estimate of drug-likeness (QED) is 0.671. The van der Waals surface area contributed by atoms with Crippen LogP contribution in [0.3, 0.4) is 0 Å². The number of carbonyl (C=O) groups is 1. The lowest BCUT2D eigenvalue weighted by atomic mass is 10.1. The molecule has 0 aromatic heterocycles. The Bertz CT molecular complexity index is 514. The Morgan fingerprint density at radius 3 is 3.00 bits per heavy atom. The third-order valence-electron chi connectivity index (χ3n) is 2.88. The van der Waals surface area contributed by atoms with Gasteiger partial charge in [0.15, 0.2) is 11.5 Å². The Balaban J connectivity index is 2.02. The summed E-state index contributed by atoms with van der Waals surface area (Å²) in [5, 5.41) is 3.31. The standard InChI is InChI=1S/C15H18ClNO3/c1-2-3-6-17-14(18)5-4-11-9-12(16)15-13(10-11)19-7-8-20-15/h4-5,9-10H,2-3,6-8H2,1H3,(H,17,18)/b5-4-. The van der Waals surface area contributed by atoms with Crippen molar-refractivity contribution in [2.75, 3.05) is 19.8 Å². The zero-order valence-corrected chi connectivity index (χ0v) is 12.2. The van der Waals surface area contributed by atoms with Crippen molar-refractivity contribution in [2.45, 2.75) is 19.8 Å². The van der Waals surface area contributed by atoms with Crippen LogP contribution in [-0.2, 0) is 4.79 Å². The maximum atomic E-state index is 11.6. The molecule has 0 spiro atoms. The van der Waals surface area contributed by atoms with Gasteiger partial charge in [-0.1, -0.05) is 24.9 Å². The van der Waals surface area contributed by atoms with Gasteiger partial charge in [0, 0.05) is 12.6 Å². The highest BCUT2D eigenvalue weighted by molar-refractivity contribution is 6.32. The summed E-state index contributed by atoms with van der Waals surface area (Å²) < 4.78 is 10.9. The maximum Gasteiger partial charge on any atom is 0.243 e. The fourth-order valence-corrected chi connectivity index (χ4v) is 2.12. The molecule has 0 fully saturated rings. The number of fused-ring (bicyclic) bond motifs is 1. The highest BCUT2D eigenvalue weighted by atomic mass is 35.5. The molecule has 1 aromatic rings. The van der Waals surface area contributed by atoms with Gasteiger partial charge in [0.05, 0.1) is 5.02 Å². The van der Waals surface area contributed by atoms with E-state index in [-0.39, 0.29) is 5.91 Å². The third-order valence-corrected chi connectivity index (χ3v) is 3.16. The lowest BCUT2D eigenvalue weighted by Crippen LogP contribution is -2.21. The Morgan fingerprint density at radius 2 is 2.20 bits per heavy atom. The van der Waals surface area contributed by atoms with Crippen molar-refractivity contribution >= 4 is 23.6 Å². The fourth-order valence-electron chi connectivity index (χ4n) is 1.85. The number of halogens is 1. The van der Waals surface area contributed by atoms with Crippen LogP contribution in [0.5, 0.6) is 11.5 Å². The molecule has 0 aliphatic carbocycles. The van der Waals surface area contributed by atoms with Gasteiger partial charge in [0.25, 0.3) is 0 Å². The van der Waals surface area contributed by atoms with Gasteiger partial charge in [0.2, 0.25) is 5.91 Å². The zero-order chi connectivity index (χ0) is 14.4. The molecule has 1 aliphatic rings. The van der Waals surface area contributed by atoms with Gasteiger partial charge < -0.3 is 14.8 Å². The summed E-state index contributed by atoms with van der Waals surface area (Å²) in [5.74, 6) is 1.08. The van der Waals surface area contributed by atoms with Crippen molar-refractivity contribution in [2.24, 2.45) is 0 Å². The smallest absolute Gasteiger partial charge is 0.243 e. The van der Waals surface area contributed by atoms with Gasteiger partial charge >= 0.3 is 0 Å². The second kappa shape index (κ2) is 7.20. The minimum atomic E-state index is -0.107. The molecule has 20 heavy (non-hydrogen) atoms. The Kier molecular flexibility index (Phi) is 5.30. The zero-order valence-electron chi connectivity index (χ0n) is 11.4. The molecular formula is C15H18ClNO3. The van der Waals surface area contributed by atoms with Crippen LogP contribution >= 0.6 is 11.6 Å². The molecule has 0 bridgehead atoms. The van der Waals surface area contributed by atoms with Gasteiger partial charge in [-0.25, -0.2) is 0 Å². The first-order chi connectivity index (χ1) is 9.70. The van der Waals surface area contributed by atoms with E-state index in [4.69, 9.17) is 21.1 Å². The molecule has 5 heteroatoms. The second-order valence-corrected chi connectivity index (χ2v) is 4.91. The Morgan fingerprint density at radius 1 is 1.40 bits per heavy atom. The second-order valence-electron chi connectivity index (χ2n) is 4.50. The summed E-state index contributed by atoms with van der Waals surface area (Å²) in [5.41, 5.74) is 0.810. The van der Waals surface area contributed by atoms with Crippen LogP contribution in [0.2, 0.25) is 5.02 Å². The molecule has 1 heterocycles. The lowest BCUT2D eigenvalue weighted by molar-refractivity contribution is -0.116. The average Bonchev–Trinajstić information content (AvgIpc) is 2.45. The Hall–Kier alpha value is -1.68. The van der Waals surface area contributed by atoms with E-state index in [0.29, 0.717) is 36.3 Å². The molecule has 1 aliphatic heterocycles. The van der Waals surface area contributed by atoms with Crippen molar-refractivity contribution in [1.82, 2.24) is 5.32 Å².